The van der Waals surface area contributed by atoms with E-state index in [1.807, 2.05) is 6.92 Å². The van der Waals surface area contributed by atoms with Crippen LogP contribution in [0.5, 0.6) is 0 Å². The van der Waals surface area contributed by atoms with E-state index < -0.39 is 99.2 Å². The minimum Gasteiger partial charge on any atom is -0.790 e. The van der Waals surface area contributed by atoms with Crippen molar-refractivity contribution in [2.75, 3.05) is 19.8 Å². The molecule has 0 radical (unpaired) electrons. The van der Waals surface area contributed by atoms with Gasteiger partial charge >= 0.3 is 219 Å². The summed E-state index contributed by atoms with van der Waals surface area (Å²) < 4.78 is 78.1. The number of ether oxygens (including phenoxy) is 2. The van der Waals surface area contributed by atoms with Crippen LogP contribution in [0.25, 0.3) is 0 Å². The fourth-order valence-electron chi connectivity index (χ4n) is 5.23. The van der Waals surface area contributed by atoms with E-state index in [1.54, 1.807) is 0 Å². The van der Waals surface area contributed by atoms with E-state index in [1.165, 1.54) is 0 Å². The number of hydrogen-bond donors (Lipinski definition) is 3. The molecule has 0 aromatic rings. The molecule has 23 nitrogen and oxygen atoms in total. The molecule has 1 aliphatic rings. The van der Waals surface area contributed by atoms with Gasteiger partial charge in [0.05, 0.1) is 30.1 Å². The van der Waals surface area contributed by atoms with Crippen LogP contribution in [0, 0.1) is 0 Å². The number of carbonyl (C=O) groups is 2. The molecule has 1 fully saturated rings. The van der Waals surface area contributed by atoms with E-state index in [-0.39, 0.29) is 220 Å². The van der Waals surface area contributed by atoms with Crippen LogP contribution in [-0.4, -0.2) is 84.6 Å². The number of nitrogens with two attached hydrogens (primary N) is 1. The molecule has 0 aromatic heterocycles. The van der Waals surface area contributed by atoms with E-state index in [0.29, 0.717) is 25.8 Å². The van der Waals surface area contributed by atoms with Crippen LogP contribution in [0.1, 0.15) is 96.8 Å². The molecule has 1 saturated carbocycles. The van der Waals surface area contributed by atoms with Gasteiger partial charge in [0.15, 0.2) is 6.10 Å². The average molecular weight is 1020 g/mol. The number of aliphatic hydroxyl groups is 2. The number of aliphatic hydroxyl groups excluding tert-OH is 2. The molecule has 1 aliphatic carbocycles. The van der Waals surface area contributed by atoms with Gasteiger partial charge in [0.1, 0.15) is 43.2 Å². The van der Waals surface area contributed by atoms with Crippen LogP contribution in [0.2, 0.25) is 0 Å². The molecule has 0 bridgehead atoms. The monoisotopic (exact) mass is 1020 g/mol. The summed E-state index contributed by atoms with van der Waals surface area (Å²) in [5, 5.41) is 21.2. The summed E-state index contributed by atoms with van der Waals surface area (Å²) in [5.74, 6) is -1.55. The largest absolute Gasteiger partial charge is 1.00 e. The van der Waals surface area contributed by atoms with Gasteiger partial charge in [-0.25, -0.2) is 0 Å². The first kappa shape index (κ1) is 81.3. The molecule has 0 aromatic carbocycles. The fraction of sp³-hybridized carbons (Fsp3) is 0.926. The van der Waals surface area contributed by atoms with Gasteiger partial charge in [0, 0.05) is 12.8 Å². The van der Waals surface area contributed by atoms with Crippen molar-refractivity contribution >= 4 is 43.2 Å². The van der Waals surface area contributed by atoms with E-state index in [4.69, 9.17) is 15.2 Å². The maximum atomic E-state index is 12.8. The molecule has 4 N–H and O–H groups in total. The van der Waals surface area contributed by atoms with Crippen LogP contribution in [0.3, 0.4) is 0 Å². The Balaban J connectivity index is -0.000000833. The first-order valence-corrected chi connectivity index (χ1v) is 23.0. The molecule has 1 rings (SSSR count). The van der Waals surface area contributed by atoms with Gasteiger partial charge in [0.25, 0.3) is 7.82 Å². The van der Waals surface area contributed by atoms with Crippen molar-refractivity contribution in [1.82, 2.24) is 0 Å². The molecule has 0 heterocycles. The third kappa shape index (κ3) is 40.4. The van der Waals surface area contributed by atoms with E-state index in [9.17, 15) is 72.3 Å². The van der Waals surface area contributed by atoms with E-state index in [0.717, 1.165) is 57.8 Å². The third-order valence-electron chi connectivity index (χ3n) is 7.71. The Morgan fingerprint density at radius 3 is 1.33 bits per heavy atom. The minimum absolute atomic E-state index is 0. The first-order chi connectivity index (χ1) is 25.0. The van der Waals surface area contributed by atoms with Crippen LogP contribution in [0.4, 0.5) is 0 Å². The summed E-state index contributed by atoms with van der Waals surface area (Å²) in [5.41, 5.74) is 5.47. The van der Waals surface area contributed by atoms with Crippen molar-refractivity contribution < 1.29 is 311 Å². The number of carbonyl (C=O) groups excluding carboxylic acids is 2. The van der Waals surface area contributed by atoms with Crippen molar-refractivity contribution in [3.63, 3.8) is 0 Å². The second-order valence-electron chi connectivity index (χ2n) is 12.3. The van der Waals surface area contributed by atoms with Gasteiger partial charge in [-0.2, -0.15) is 0 Å². The van der Waals surface area contributed by atoms with Crippen LogP contribution in [0.15, 0.2) is 0 Å². The molecule has 34 heteroatoms. The molecular weight excluding hydrogens is 975 g/mol. The van der Waals surface area contributed by atoms with Crippen molar-refractivity contribution in [2.24, 2.45) is 5.73 Å². The van der Waals surface area contributed by atoms with Crippen molar-refractivity contribution in [3.8, 4) is 0 Å². The van der Waals surface area contributed by atoms with Gasteiger partial charge < -0.3 is 96.0 Å². The number of rotatable bonds is 29. The van der Waals surface area contributed by atoms with Crippen LogP contribution < -0.4 is 247 Å². The van der Waals surface area contributed by atoms with Crippen LogP contribution in [-0.2, 0) is 59.9 Å². The topological polar surface area (TPSA) is 395 Å². The predicted octanol–water partition coefficient (Wildman–Crippen LogP) is -23.8. The summed E-state index contributed by atoms with van der Waals surface area (Å²) in [6, 6.07) is 0. The van der Waals surface area contributed by atoms with Crippen molar-refractivity contribution in [3.05, 3.63) is 0 Å². The van der Waals surface area contributed by atoms with Gasteiger partial charge in [-0.15, -0.1) is 0 Å². The normalized spacial score (nSPS) is 21.4. The zero-order valence-corrected chi connectivity index (χ0v) is 54.1. The Hall–Kier alpha value is 6.26. The zero-order chi connectivity index (χ0) is 41.2. The van der Waals surface area contributed by atoms with Crippen molar-refractivity contribution in [1.29, 1.82) is 0 Å². The molecule has 0 spiro atoms. The Kier molecular flexibility index (Phi) is 57.0. The molecule has 61 heavy (non-hydrogen) atoms. The summed E-state index contributed by atoms with van der Waals surface area (Å²) in [7, 11) is -25.0. The molecular formula is C27H48NNa7O22P4. The molecule has 0 aliphatic heterocycles. The number of phosphoric acid groups is 4. The second kappa shape index (κ2) is 42.7. The molecule has 0 saturated heterocycles. The Morgan fingerprint density at radius 2 is 0.918 bits per heavy atom. The van der Waals surface area contributed by atoms with Gasteiger partial charge in [-0.3, -0.25) is 14.2 Å². The number of esters is 2. The fourth-order valence-corrected chi connectivity index (χ4v) is 7.81. The molecule has 8 atom stereocenters. The third-order valence-corrected chi connectivity index (χ3v) is 10.2. The molecule has 3 unspecified atom stereocenters. The quantitative estimate of drug-likeness (QED) is 0.0271. The maximum Gasteiger partial charge on any atom is 1.00 e. The van der Waals surface area contributed by atoms with Gasteiger partial charge in [-0.05, 0) is 25.8 Å². The zero-order valence-electron chi connectivity index (χ0n) is 36.5. The number of unbranched alkanes of at least 4 members (excludes halogenated alkanes) is 10. The van der Waals surface area contributed by atoms with Crippen molar-refractivity contribution in [2.45, 2.75) is 140 Å². The summed E-state index contributed by atoms with van der Waals surface area (Å²) in [6.07, 6.45) is -9.57. The Morgan fingerprint density at radius 1 is 0.541 bits per heavy atom. The average Bonchev–Trinajstić information content (AvgIpc) is 3.04. The first-order valence-electron chi connectivity index (χ1n) is 17.1. The second-order valence-corrected chi connectivity index (χ2v) is 17.0. The summed E-state index contributed by atoms with van der Waals surface area (Å²) in [4.78, 5) is 106. The molecule has 0 amide bonds. The van der Waals surface area contributed by atoms with E-state index >= 15 is 0 Å². The summed E-state index contributed by atoms with van der Waals surface area (Å²) >= 11 is 0. The van der Waals surface area contributed by atoms with Gasteiger partial charge in [-0.1, -0.05) is 64.7 Å². The standard InChI is InChI=1S/C27H55NO22P4.7Na/c1-2-3-11-15-21(30)46-19(17-44-20(29)14-12-9-7-5-4-6-8-10-13-16-28)18-45-54(42,43)50-24-22(31)25(47-51(33,34)35)27(49-53(39,40)41)26(23(24)32)48-52(36,37)38;;;;;;;/h19,22-27,31-32H,2-18,28H2,1H3,(H,42,43)(H2,33,34,35)(H2,36,37,38)(H2,39,40,41);;;;;;;/q;7*+1/p-7/t19-,22+,23+,24?,25-,26+,27?;;;;;;;/m1......./s1. The maximum absolute atomic E-state index is 12.8. The number of hydrogen-bond acceptors (Lipinski definition) is 23. The smallest absolute Gasteiger partial charge is 0.790 e. The predicted molar refractivity (Wildman–Crippen MR) is 168 cm³/mol. The Bertz CT molecular complexity index is 1300. The number of phosphoric ester groups is 4. The van der Waals surface area contributed by atoms with E-state index in [2.05, 4.69) is 22.6 Å². The molecule has 320 valence electrons. The minimum atomic E-state index is -6.36. The summed E-state index contributed by atoms with van der Waals surface area (Å²) in [6.45, 7) is 0.677. The van der Waals surface area contributed by atoms with Gasteiger partial charge in [0.2, 0.25) is 0 Å². The van der Waals surface area contributed by atoms with Crippen LogP contribution >= 0.6 is 31.3 Å². The SMILES string of the molecule is CCCCCC(=O)O[C@H](COC(=O)CCCCCCCCCCCN)COP(=O)([O-])OC1[C@H](O)[C@H](OP(=O)([O-])[O-])C(OP(=O)([O-])[O-])[C@H](OP(=O)([O-])[O-])[C@H]1O.[Na+].[Na+].[Na+].[Na+].[Na+].[Na+].[Na+]. The Labute approximate surface area is 511 Å².